The molecule has 0 aromatic rings. The fourth-order valence-corrected chi connectivity index (χ4v) is 8.93. The number of nitrogens with one attached hydrogen (secondary N) is 1. The van der Waals surface area contributed by atoms with E-state index in [0.717, 1.165) is 64.0 Å². The van der Waals surface area contributed by atoms with E-state index in [0.29, 0.717) is 35.5 Å². The van der Waals surface area contributed by atoms with Crippen molar-refractivity contribution in [3.05, 3.63) is 22.8 Å². The van der Waals surface area contributed by atoms with Crippen molar-refractivity contribution in [3.8, 4) is 0 Å². The predicted octanol–water partition coefficient (Wildman–Crippen LogP) is 4.27. The maximum absolute atomic E-state index is 14.1. The molecule has 2 aliphatic heterocycles. The minimum Gasteiger partial charge on any atom is -0.481 e. The first-order chi connectivity index (χ1) is 16.5. The first-order valence-electron chi connectivity index (χ1n) is 13.7. The third-order valence-corrected chi connectivity index (χ3v) is 10.6. The smallest absolute Gasteiger partial charge is 0.300 e. The van der Waals surface area contributed by atoms with Gasteiger partial charge in [0.2, 0.25) is 0 Å². The van der Waals surface area contributed by atoms with Gasteiger partial charge in [-0.25, -0.2) is 0 Å². The zero-order valence-electron chi connectivity index (χ0n) is 22.0. The molecule has 0 amide bonds. The highest BCUT2D eigenvalue weighted by Gasteiger charge is 2.63. The molecule has 0 radical (unpaired) electrons. The summed E-state index contributed by atoms with van der Waals surface area (Å²) in [5.74, 6) is 1.58. The van der Waals surface area contributed by atoms with Crippen LogP contribution >= 0.6 is 0 Å². The molecule has 6 rings (SSSR count). The van der Waals surface area contributed by atoms with Crippen molar-refractivity contribution < 1.29 is 24.5 Å². The van der Waals surface area contributed by atoms with Gasteiger partial charge in [-0.2, -0.15) is 0 Å². The Hall–Kier alpha value is -1.50. The lowest BCUT2D eigenvalue weighted by molar-refractivity contribution is -0.134. The van der Waals surface area contributed by atoms with E-state index in [-0.39, 0.29) is 29.1 Å². The molecule has 2 saturated heterocycles. The van der Waals surface area contributed by atoms with Gasteiger partial charge in [0.25, 0.3) is 5.97 Å². The monoisotopic (exact) mass is 485 g/mol. The summed E-state index contributed by atoms with van der Waals surface area (Å²) in [5, 5.41) is 21.4. The molecular weight excluding hydrogens is 442 g/mol. The largest absolute Gasteiger partial charge is 0.481 e. The summed E-state index contributed by atoms with van der Waals surface area (Å²) in [5.41, 5.74) is 3.43. The molecule has 6 heteroatoms. The molecular formula is C29H43NO5. The van der Waals surface area contributed by atoms with E-state index in [1.54, 1.807) is 0 Å². The third-order valence-electron chi connectivity index (χ3n) is 10.6. The Kier molecular flexibility index (Phi) is 6.33. The van der Waals surface area contributed by atoms with E-state index in [2.05, 4.69) is 39.1 Å². The number of carbonyl (C=O) groups is 2. The minimum absolute atomic E-state index is 0.0653. The van der Waals surface area contributed by atoms with Crippen LogP contribution in [0.25, 0.3) is 0 Å². The minimum atomic E-state index is -0.833. The summed E-state index contributed by atoms with van der Waals surface area (Å²) in [6.45, 7) is 11.4. The fourth-order valence-electron chi connectivity index (χ4n) is 8.93. The predicted molar refractivity (Wildman–Crippen MR) is 134 cm³/mol. The molecule has 0 unspecified atom stereocenters. The van der Waals surface area contributed by atoms with Crippen LogP contribution in [0.4, 0.5) is 0 Å². The Morgan fingerprint density at radius 2 is 1.94 bits per heavy atom. The van der Waals surface area contributed by atoms with E-state index >= 15 is 0 Å². The summed E-state index contributed by atoms with van der Waals surface area (Å²) in [6, 6.07) is 0.410. The lowest BCUT2D eigenvalue weighted by Crippen LogP contribution is -2.49. The number of carboxylic acids is 1. The van der Waals surface area contributed by atoms with Gasteiger partial charge in [-0.05, 0) is 87.2 Å². The molecule has 0 bridgehead atoms. The van der Waals surface area contributed by atoms with E-state index in [4.69, 9.17) is 14.6 Å². The lowest BCUT2D eigenvalue weighted by Gasteiger charge is -2.48. The number of aliphatic hydroxyl groups is 1. The fraction of sp³-hybridized carbons (Fsp3) is 0.793. The first kappa shape index (κ1) is 25.2. The molecule has 3 N–H and O–H groups in total. The number of Topliss-reactive ketones (excluding diaryl/α,β-unsaturated/α-hetero) is 1. The number of aliphatic carboxylic acids is 1. The highest BCUT2D eigenvalue weighted by molar-refractivity contribution is 6.02. The summed E-state index contributed by atoms with van der Waals surface area (Å²) in [6.07, 6.45) is 9.23. The number of allylic oxidation sites excluding steroid dienone is 2. The van der Waals surface area contributed by atoms with Crippen molar-refractivity contribution in [2.24, 2.45) is 35.0 Å². The summed E-state index contributed by atoms with van der Waals surface area (Å²) in [4.78, 5) is 23.1. The Balaban J connectivity index is 0.000000591. The van der Waals surface area contributed by atoms with Gasteiger partial charge in [-0.1, -0.05) is 32.4 Å². The van der Waals surface area contributed by atoms with Gasteiger partial charge in [0.05, 0.1) is 17.8 Å². The van der Waals surface area contributed by atoms with Crippen molar-refractivity contribution in [1.29, 1.82) is 0 Å². The second-order valence-corrected chi connectivity index (χ2v) is 12.6. The van der Waals surface area contributed by atoms with Crippen LogP contribution in [0, 0.1) is 35.0 Å². The standard InChI is InChI=1S/C27H39NO3.C2H4O2/c1-14-11-21-24(28-13-14)16(3)27(31-21)10-8-19-20-6-5-17-12-18(29)7-9-26(17,4)23(20)25(30)22(19)15(27)2;1-2(3)4/h5,14,16,18-21,23-24,28-29H,6-13H2,1-4H3;1H3,(H,3,4)/t14-,16+,18-,19-,20-,21+,23+,24-,26-,27-;/m0./s1. The molecule has 2 heterocycles. The van der Waals surface area contributed by atoms with Gasteiger partial charge >= 0.3 is 0 Å². The van der Waals surface area contributed by atoms with Gasteiger partial charge in [0.15, 0.2) is 5.78 Å². The molecule has 1 spiro atoms. The summed E-state index contributed by atoms with van der Waals surface area (Å²) < 4.78 is 6.93. The quantitative estimate of drug-likeness (QED) is 0.444. The molecule has 0 aromatic carbocycles. The molecule has 4 aliphatic carbocycles. The van der Waals surface area contributed by atoms with Gasteiger partial charge in [-0.3, -0.25) is 9.59 Å². The molecule has 2 saturated carbocycles. The van der Waals surface area contributed by atoms with Crippen molar-refractivity contribution in [2.75, 3.05) is 6.54 Å². The van der Waals surface area contributed by atoms with Crippen molar-refractivity contribution in [2.45, 2.75) is 103 Å². The highest BCUT2D eigenvalue weighted by Crippen LogP contribution is 2.63. The van der Waals surface area contributed by atoms with Crippen LogP contribution in [0.2, 0.25) is 0 Å². The second kappa shape index (κ2) is 8.81. The van der Waals surface area contributed by atoms with Crippen molar-refractivity contribution in [3.63, 3.8) is 0 Å². The van der Waals surface area contributed by atoms with Gasteiger partial charge in [-0.15, -0.1) is 0 Å². The van der Waals surface area contributed by atoms with Gasteiger partial charge in [0.1, 0.15) is 0 Å². The lowest BCUT2D eigenvalue weighted by atomic mass is 9.56. The second-order valence-electron chi connectivity index (χ2n) is 12.6. The van der Waals surface area contributed by atoms with Gasteiger partial charge < -0.3 is 20.3 Å². The number of ketones is 1. The number of rotatable bonds is 0. The van der Waals surface area contributed by atoms with E-state index in [1.807, 2.05) is 0 Å². The SMILES string of the molecule is CC(=O)O.CC1=C2C(=O)[C@H]3[C@@H](CC=C4C[C@@H](O)CC[C@@]43C)[C@@H]2CC[C@]12O[C@@H]1C[C@H](C)CN[C@H]1[C@H]2C. The van der Waals surface area contributed by atoms with Crippen LogP contribution in [0.1, 0.15) is 79.6 Å². The van der Waals surface area contributed by atoms with Gasteiger partial charge in [0, 0.05) is 30.4 Å². The van der Waals surface area contributed by atoms with Crippen LogP contribution < -0.4 is 5.32 Å². The van der Waals surface area contributed by atoms with E-state index in [9.17, 15) is 9.90 Å². The summed E-state index contributed by atoms with van der Waals surface area (Å²) in [7, 11) is 0. The average molecular weight is 486 g/mol. The normalized spacial score (nSPS) is 48.3. The number of carboxylic acid groups (broad SMARTS) is 1. The Morgan fingerprint density at radius 1 is 1.23 bits per heavy atom. The molecule has 194 valence electrons. The zero-order valence-corrected chi connectivity index (χ0v) is 22.0. The molecule has 4 fully saturated rings. The molecule has 10 atom stereocenters. The average Bonchev–Trinajstić information content (AvgIpc) is 3.23. The van der Waals surface area contributed by atoms with Crippen molar-refractivity contribution >= 4 is 11.8 Å². The Labute approximate surface area is 209 Å². The number of fused-ring (bicyclic) bond motifs is 6. The number of hydrogen-bond acceptors (Lipinski definition) is 5. The highest BCUT2D eigenvalue weighted by atomic mass is 16.5. The Bertz CT molecular complexity index is 966. The topological polar surface area (TPSA) is 95.9 Å². The number of piperidine rings is 1. The van der Waals surface area contributed by atoms with Crippen LogP contribution in [0.5, 0.6) is 0 Å². The van der Waals surface area contributed by atoms with E-state index in [1.165, 1.54) is 11.1 Å². The molecule has 6 aliphatic rings. The molecule has 6 nitrogen and oxygen atoms in total. The Morgan fingerprint density at radius 3 is 2.66 bits per heavy atom. The number of carbonyl (C=O) groups excluding carboxylic acids is 1. The zero-order chi connectivity index (χ0) is 25.3. The van der Waals surface area contributed by atoms with E-state index < -0.39 is 5.97 Å². The molecule has 0 aromatic heterocycles. The van der Waals surface area contributed by atoms with Crippen LogP contribution in [0.15, 0.2) is 22.8 Å². The van der Waals surface area contributed by atoms with Crippen molar-refractivity contribution in [1.82, 2.24) is 5.32 Å². The third kappa shape index (κ3) is 3.77. The molecule has 35 heavy (non-hydrogen) atoms. The number of hydrogen-bond donors (Lipinski definition) is 3. The number of aliphatic hydroxyl groups excluding tert-OH is 1. The number of ether oxygens (including phenoxy) is 1. The summed E-state index contributed by atoms with van der Waals surface area (Å²) >= 11 is 0. The van der Waals surface area contributed by atoms with Crippen LogP contribution in [-0.2, 0) is 14.3 Å². The van der Waals surface area contributed by atoms with Crippen LogP contribution in [-0.4, -0.2) is 52.4 Å². The maximum atomic E-state index is 14.1. The maximum Gasteiger partial charge on any atom is 0.300 e. The van der Waals surface area contributed by atoms with Crippen LogP contribution in [0.3, 0.4) is 0 Å². The first-order valence-corrected chi connectivity index (χ1v) is 13.7.